The normalized spacial score (nSPS) is 11.4. The molecule has 0 aliphatic rings. The average molecular weight is 1240 g/mol. The standard InChI is InChI=1S/2C33H26O2P.C8H3BF6O3/c2*34-32(30-23-13-14-24-31(30)33(35)26-15-5-1-6-16-26)25-36(27-17-7-2-8-18-27,28-19-9-3-10-20-28)29-21-11-4-12-22-29;10-7(11,12)4-1-5(8(13,14)15)3-6(2-4)18-9(16)17/h2*1-24H,25H2;1-3H/q2*+1;-2. The second kappa shape index (κ2) is 29.6. The molecule has 11 rings (SSSR count). The second-order valence-corrected chi connectivity index (χ2v) is 27.4. The third-order valence-corrected chi connectivity index (χ3v) is 23.4. The summed E-state index contributed by atoms with van der Waals surface area (Å²) in [4.78, 5) is 55.2. The first kappa shape index (κ1) is 64.8. The van der Waals surface area contributed by atoms with Crippen LogP contribution < -0.4 is 46.5 Å². The lowest BCUT2D eigenvalue weighted by Crippen LogP contribution is -2.50. The highest BCUT2D eigenvalue weighted by Gasteiger charge is 2.49. The van der Waals surface area contributed by atoms with Gasteiger partial charge >= 0.3 is 12.4 Å². The number of carbonyl (C=O) groups excluding carboxylic acids is 4. The lowest BCUT2D eigenvalue weighted by Gasteiger charge is -2.27. The molecule has 0 atom stereocenters. The lowest BCUT2D eigenvalue weighted by atomic mass is 9.96. The van der Waals surface area contributed by atoms with Crippen molar-refractivity contribution in [2.24, 2.45) is 0 Å². The van der Waals surface area contributed by atoms with Crippen molar-refractivity contribution in [3.05, 3.63) is 354 Å². The Morgan fingerprint density at radius 3 is 0.778 bits per heavy atom. The van der Waals surface area contributed by atoms with E-state index in [2.05, 4.69) is 77.5 Å². The van der Waals surface area contributed by atoms with Crippen molar-refractivity contribution in [1.29, 1.82) is 0 Å². The van der Waals surface area contributed by atoms with E-state index in [1.165, 1.54) is 0 Å². The molecule has 0 bridgehead atoms. The van der Waals surface area contributed by atoms with Gasteiger partial charge in [-0.05, 0) is 91.0 Å². The van der Waals surface area contributed by atoms with Crippen molar-refractivity contribution in [2.45, 2.75) is 12.4 Å². The number of halogens is 6. The maximum atomic E-state index is 14.2. The zero-order valence-corrected chi connectivity index (χ0v) is 49.7. The fourth-order valence-corrected chi connectivity index (χ4v) is 18.8. The minimum absolute atomic E-state index is 0.0280. The van der Waals surface area contributed by atoms with Crippen LogP contribution in [0.15, 0.2) is 309 Å². The molecule has 0 spiro atoms. The topological polar surface area (TPSA) is 124 Å². The Morgan fingerprint density at radius 1 is 0.322 bits per heavy atom. The van der Waals surface area contributed by atoms with E-state index in [-0.39, 0.29) is 41.3 Å². The van der Waals surface area contributed by atoms with Gasteiger partial charge in [-0.2, -0.15) is 26.3 Å². The van der Waals surface area contributed by atoms with Crippen LogP contribution in [0.25, 0.3) is 0 Å². The smallest absolute Gasteiger partial charge is 0.416 e. The van der Waals surface area contributed by atoms with E-state index < -0.39 is 51.1 Å². The van der Waals surface area contributed by atoms with Gasteiger partial charge in [0.05, 0.1) is 16.9 Å². The van der Waals surface area contributed by atoms with Crippen molar-refractivity contribution in [2.75, 3.05) is 12.3 Å². The summed E-state index contributed by atoms with van der Waals surface area (Å²) in [5.41, 5.74) is -0.332. The molecular weight excluding hydrogens is 1190 g/mol. The second-order valence-electron chi connectivity index (χ2n) is 20.4. The molecule has 0 unspecified atom stereocenters. The quantitative estimate of drug-likeness (QED) is 0.0363. The number of carbonyl (C=O) groups is 4. The van der Waals surface area contributed by atoms with Crippen LogP contribution in [0.3, 0.4) is 0 Å². The molecule has 448 valence electrons. The average Bonchev–Trinajstić information content (AvgIpc) is 0.767. The van der Waals surface area contributed by atoms with Gasteiger partial charge in [0.2, 0.25) is 11.6 Å². The van der Waals surface area contributed by atoms with Gasteiger partial charge in [0.25, 0.3) is 0 Å². The first-order chi connectivity index (χ1) is 43.4. The molecule has 0 saturated carbocycles. The first-order valence-corrected chi connectivity index (χ1v) is 32.2. The van der Waals surface area contributed by atoms with Crippen LogP contribution >= 0.6 is 14.5 Å². The number of rotatable bonds is 18. The Hall–Kier alpha value is -9.68. The molecule has 0 aliphatic carbocycles. The minimum Gasteiger partial charge on any atom is -0.860 e. The van der Waals surface area contributed by atoms with Crippen molar-refractivity contribution in [1.82, 2.24) is 0 Å². The predicted molar refractivity (Wildman–Crippen MR) is 344 cm³/mol. The summed E-state index contributed by atoms with van der Waals surface area (Å²) in [7, 11) is -7.73. The van der Waals surface area contributed by atoms with Gasteiger partial charge < -0.3 is 14.7 Å². The lowest BCUT2D eigenvalue weighted by molar-refractivity contribution is -0.372. The highest BCUT2D eigenvalue weighted by molar-refractivity contribution is 7.96. The summed E-state index contributed by atoms with van der Waals surface area (Å²) < 4.78 is 77.5. The first-order valence-electron chi connectivity index (χ1n) is 28.2. The molecule has 7 nitrogen and oxygen atoms in total. The Morgan fingerprint density at radius 2 is 0.544 bits per heavy atom. The van der Waals surface area contributed by atoms with Gasteiger partial charge in [0.15, 0.2) is 11.6 Å². The Kier molecular flexibility index (Phi) is 21.3. The summed E-state index contributed by atoms with van der Waals surface area (Å²) in [6, 6.07) is 94.8. The summed E-state index contributed by atoms with van der Waals surface area (Å²) >= 11 is 0. The zero-order chi connectivity index (χ0) is 63.7. The van der Waals surface area contributed by atoms with Crippen molar-refractivity contribution >= 4 is 76.8 Å². The number of alkyl halides is 6. The molecule has 11 aromatic rings. The third kappa shape index (κ3) is 15.4. The molecule has 0 amide bonds. The molecule has 0 aromatic heterocycles. The Balaban J connectivity index is 0.000000170. The minimum atomic E-state index is -5.05. The van der Waals surface area contributed by atoms with Gasteiger partial charge in [-0.1, -0.05) is 218 Å². The van der Waals surface area contributed by atoms with Crippen LogP contribution in [-0.2, 0) is 12.4 Å². The van der Waals surface area contributed by atoms with E-state index in [1.807, 2.05) is 170 Å². The molecule has 0 aliphatic heterocycles. The van der Waals surface area contributed by atoms with Crippen LogP contribution in [-0.4, -0.2) is 42.8 Å². The molecule has 0 heterocycles. The molecule has 0 saturated heterocycles. The Bertz CT molecular complexity index is 3710. The highest BCUT2D eigenvalue weighted by Crippen LogP contribution is 2.57. The maximum Gasteiger partial charge on any atom is 0.416 e. The summed E-state index contributed by atoms with van der Waals surface area (Å²) in [6.07, 6.45) is -9.52. The van der Waals surface area contributed by atoms with E-state index in [4.69, 9.17) is 0 Å². The molecular formula is C74H55BF6O7P2. The van der Waals surface area contributed by atoms with Crippen LogP contribution in [0.4, 0.5) is 26.3 Å². The SMILES string of the molecule is O=C(C[P+](c1ccccc1)(c1ccccc1)c1ccccc1)c1ccccc1C(=O)c1ccccc1.O=C(C[P+](c1ccccc1)(c1ccccc1)c1ccccc1)c1ccccc1C(=O)c1ccccc1.[O-]B([O-])Oc1cc(C(F)(F)F)cc(C(F)(F)F)c1. The largest absolute Gasteiger partial charge is 0.860 e. The van der Waals surface area contributed by atoms with E-state index in [0.717, 1.165) is 31.8 Å². The number of ketones is 4. The predicted octanol–water partition coefficient (Wildman–Crippen LogP) is 13.0. The summed E-state index contributed by atoms with van der Waals surface area (Å²) in [5.74, 6) is -1.41. The number of Topliss-reactive ketones (excluding diaryl/α,β-unsaturated/α-hetero) is 2. The van der Waals surface area contributed by atoms with Gasteiger partial charge in [-0.25, -0.2) is 0 Å². The molecule has 11 aromatic carbocycles. The zero-order valence-electron chi connectivity index (χ0n) is 48.0. The maximum absolute atomic E-state index is 14.2. The van der Waals surface area contributed by atoms with Crippen molar-refractivity contribution in [3.8, 4) is 5.75 Å². The van der Waals surface area contributed by atoms with Crippen molar-refractivity contribution < 1.29 is 60.2 Å². The van der Waals surface area contributed by atoms with E-state index >= 15 is 0 Å². The van der Waals surface area contributed by atoms with Crippen LogP contribution in [0.1, 0.15) is 63.7 Å². The Labute approximate surface area is 518 Å². The molecule has 0 fully saturated rings. The summed E-state index contributed by atoms with van der Waals surface area (Å²) in [5, 5.41) is 27.0. The van der Waals surface area contributed by atoms with Crippen molar-refractivity contribution in [3.63, 3.8) is 0 Å². The molecule has 90 heavy (non-hydrogen) atoms. The fourth-order valence-electron chi connectivity index (χ4n) is 10.6. The van der Waals surface area contributed by atoms with E-state index in [0.29, 0.717) is 45.7 Å². The van der Waals surface area contributed by atoms with Gasteiger partial charge in [0.1, 0.15) is 66.0 Å². The highest BCUT2D eigenvalue weighted by atomic mass is 31.2. The molecule has 16 heteroatoms. The van der Waals surface area contributed by atoms with E-state index in [9.17, 15) is 55.6 Å². The van der Waals surface area contributed by atoms with Crippen LogP contribution in [0.5, 0.6) is 5.75 Å². The van der Waals surface area contributed by atoms with E-state index in [1.54, 1.807) is 48.5 Å². The number of benzene rings is 11. The number of hydrogen-bond acceptors (Lipinski definition) is 7. The molecule has 0 N–H and O–H groups in total. The van der Waals surface area contributed by atoms with Gasteiger partial charge in [-0.3, -0.25) is 19.2 Å². The van der Waals surface area contributed by atoms with Crippen LogP contribution in [0.2, 0.25) is 0 Å². The number of hydrogen-bond donors (Lipinski definition) is 0. The van der Waals surface area contributed by atoms with Gasteiger partial charge in [-0.15, -0.1) is 0 Å². The monoisotopic (exact) mass is 1240 g/mol. The molecule has 0 radical (unpaired) electrons. The third-order valence-electron chi connectivity index (χ3n) is 14.8. The van der Waals surface area contributed by atoms with Crippen LogP contribution in [0, 0.1) is 0 Å². The van der Waals surface area contributed by atoms with Gasteiger partial charge in [0, 0.05) is 33.4 Å². The fraction of sp³-hybridized carbons (Fsp3) is 0.0541. The summed E-state index contributed by atoms with van der Waals surface area (Å²) in [6.45, 7) is 0.